The fraction of sp³-hybridized carbons (Fsp3) is 0.0952. The van der Waals surface area contributed by atoms with Crippen LogP contribution >= 0.6 is 0 Å². The summed E-state index contributed by atoms with van der Waals surface area (Å²) < 4.78 is 6.79. The second-order valence-corrected chi connectivity index (χ2v) is 6.84. The van der Waals surface area contributed by atoms with Crippen LogP contribution in [0.2, 0.25) is 0 Å². The summed E-state index contributed by atoms with van der Waals surface area (Å²) in [6, 6.07) is 13.0. The molecule has 0 spiro atoms. The number of nitrogens with two attached hydrogens (primary N) is 1. The minimum Gasteiger partial charge on any atom is -0.497 e. The van der Waals surface area contributed by atoms with Crippen molar-refractivity contribution in [3.63, 3.8) is 0 Å². The summed E-state index contributed by atoms with van der Waals surface area (Å²) in [7, 11) is 1.61. The molecule has 5 rings (SSSR count). The second kappa shape index (κ2) is 6.23. The van der Waals surface area contributed by atoms with Gasteiger partial charge in [-0.1, -0.05) is 0 Å². The van der Waals surface area contributed by atoms with Crippen LogP contribution in [0.3, 0.4) is 0 Å². The Balaban J connectivity index is 1.53. The van der Waals surface area contributed by atoms with E-state index in [1.165, 1.54) is 6.20 Å². The van der Waals surface area contributed by atoms with E-state index >= 15 is 0 Å². The number of nitrogens with one attached hydrogen (secondary N) is 2. The zero-order valence-electron chi connectivity index (χ0n) is 15.9. The monoisotopic (exact) mass is 386 g/mol. The molecule has 0 amide bonds. The molecule has 0 radical (unpaired) electrons. The molecule has 0 aliphatic carbocycles. The van der Waals surface area contributed by atoms with Crippen molar-refractivity contribution in [2.45, 2.75) is 6.92 Å². The third kappa shape index (κ3) is 2.73. The number of aryl methyl sites for hydroxylation is 1. The molecule has 2 aromatic carbocycles. The van der Waals surface area contributed by atoms with Gasteiger partial charge in [0.2, 0.25) is 5.78 Å². The number of fused-ring (bicyclic) bond motifs is 2. The quantitative estimate of drug-likeness (QED) is 0.410. The lowest BCUT2D eigenvalue weighted by atomic mass is 10.1. The maximum Gasteiger partial charge on any atom is 0.214 e. The summed E-state index contributed by atoms with van der Waals surface area (Å²) in [6.45, 7) is 1.90. The van der Waals surface area contributed by atoms with Gasteiger partial charge < -0.3 is 20.4 Å². The minimum atomic E-state index is -0.220. The molecule has 29 heavy (non-hydrogen) atoms. The largest absolute Gasteiger partial charge is 0.497 e. The number of rotatable bonds is 4. The topological polar surface area (TPSA) is 115 Å². The Morgan fingerprint density at radius 1 is 1.10 bits per heavy atom. The molecule has 8 heteroatoms. The highest BCUT2D eigenvalue weighted by Gasteiger charge is 2.20. The van der Waals surface area contributed by atoms with Gasteiger partial charge in [-0.25, -0.2) is 9.67 Å². The maximum absolute atomic E-state index is 13.0. The molecule has 4 N–H and O–H groups in total. The van der Waals surface area contributed by atoms with Gasteiger partial charge in [-0.2, -0.15) is 5.10 Å². The maximum atomic E-state index is 13.0. The van der Waals surface area contributed by atoms with E-state index in [4.69, 9.17) is 10.5 Å². The van der Waals surface area contributed by atoms with Crippen LogP contribution in [0.15, 0.2) is 48.7 Å². The summed E-state index contributed by atoms with van der Waals surface area (Å²) in [6.07, 6.45) is 1.49. The zero-order chi connectivity index (χ0) is 20.1. The van der Waals surface area contributed by atoms with Gasteiger partial charge in [0.05, 0.1) is 41.3 Å². The molecule has 0 unspecified atom stereocenters. The number of aromatic nitrogens is 5. The van der Waals surface area contributed by atoms with E-state index in [-0.39, 0.29) is 11.6 Å². The number of aromatic amines is 2. The number of ether oxygens (including phenoxy) is 1. The first-order chi connectivity index (χ1) is 14.0. The van der Waals surface area contributed by atoms with E-state index in [0.29, 0.717) is 11.3 Å². The van der Waals surface area contributed by atoms with Gasteiger partial charge in [0, 0.05) is 10.9 Å². The van der Waals surface area contributed by atoms with Gasteiger partial charge in [-0.05, 0) is 49.4 Å². The average Bonchev–Trinajstić information content (AvgIpc) is 3.41. The number of carbonyl (C=O) groups excluding carboxylic acids is 1. The number of benzene rings is 2. The summed E-state index contributed by atoms with van der Waals surface area (Å²) in [5.74, 6) is 1.62. The van der Waals surface area contributed by atoms with Crippen molar-refractivity contribution in [3.8, 4) is 11.4 Å². The van der Waals surface area contributed by atoms with E-state index in [1.54, 1.807) is 17.9 Å². The molecule has 0 saturated carbocycles. The first-order valence-corrected chi connectivity index (χ1v) is 9.05. The molecule has 144 valence electrons. The average molecular weight is 386 g/mol. The Labute approximate surface area is 165 Å². The van der Waals surface area contributed by atoms with Crippen molar-refractivity contribution in [1.29, 1.82) is 0 Å². The van der Waals surface area contributed by atoms with Crippen molar-refractivity contribution in [1.82, 2.24) is 24.7 Å². The summed E-state index contributed by atoms with van der Waals surface area (Å²) in [4.78, 5) is 23.8. The lowest BCUT2D eigenvalue weighted by molar-refractivity contribution is 0.103. The minimum absolute atomic E-state index is 0.220. The number of imidazole rings is 1. The van der Waals surface area contributed by atoms with Crippen LogP contribution in [0.25, 0.3) is 27.6 Å². The standard InChI is InChI=1S/C21H18N6O2/c1-11-24-17-5-3-13(9-18(17)25-11)27-21(22)15(10-23-27)20(28)19-8-12-7-14(29-2)4-6-16(12)26-19/h3-10,26H,22H2,1-2H3,(H,24,25). The van der Waals surface area contributed by atoms with Gasteiger partial charge >= 0.3 is 0 Å². The molecule has 0 fully saturated rings. The Morgan fingerprint density at radius 2 is 1.97 bits per heavy atom. The third-order valence-corrected chi connectivity index (χ3v) is 4.95. The molecule has 0 atom stereocenters. The smallest absolute Gasteiger partial charge is 0.214 e. The summed E-state index contributed by atoms with van der Waals surface area (Å²) >= 11 is 0. The van der Waals surface area contributed by atoms with E-state index in [0.717, 1.165) is 39.2 Å². The number of hydrogen-bond acceptors (Lipinski definition) is 5. The number of ketones is 1. The normalized spacial score (nSPS) is 11.4. The van der Waals surface area contributed by atoms with Crippen LogP contribution in [0.1, 0.15) is 21.9 Å². The SMILES string of the molecule is COc1ccc2[nH]c(C(=O)c3cnn(-c4ccc5nc(C)[nH]c5c4)c3N)cc2c1. The highest BCUT2D eigenvalue weighted by molar-refractivity contribution is 6.12. The van der Waals surface area contributed by atoms with Gasteiger partial charge in [0.15, 0.2) is 0 Å². The van der Waals surface area contributed by atoms with Crippen molar-refractivity contribution in [2.24, 2.45) is 0 Å². The molecule has 3 aromatic heterocycles. The molecule has 3 heterocycles. The molecular weight excluding hydrogens is 368 g/mol. The predicted molar refractivity (Wildman–Crippen MR) is 111 cm³/mol. The zero-order valence-corrected chi connectivity index (χ0v) is 15.9. The number of methoxy groups -OCH3 is 1. The van der Waals surface area contributed by atoms with Gasteiger partial charge in [0.1, 0.15) is 17.4 Å². The van der Waals surface area contributed by atoms with Crippen molar-refractivity contribution >= 4 is 33.5 Å². The van der Waals surface area contributed by atoms with E-state index in [9.17, 15) is 4.79 Å². The molecule has 0 aliphatic rings. The Bertz CT molecular complexity index is 1390. The lowest BCUT2D eigenvalue weighted by Gasteiger charge is -2.05. The molecular formula is C21H18N6O2. The van der Waals surface area contributed by atoms with E-state index in [2.05, 4.69) is 20.1 Å². The highest BCUT2D eigenvalue weighted by Crippen LogP contribution is 2.26. The lowest BCUT2D eigenvalue weighted by Crippen LogP contribution is -2.07. The Kier molecular flexibility index (Phi) is 3.67. The number of H-pyrrole nitrogens is 2. The van der Waals surface area contributed by atoms with Crippen LogP contribution < -0.4 is 10.5 Å². The van der Waals surface area contributed by atoms with E-state index < -0.39 is 0 Å². The van der Waals surface area contributed by atoms with Crippen LogP contribution in [-0.4, -0.2) is 37.6 Å². The molecule has 0 saturated heterocycles. The van der Waals surface area contributed by atoms with Crippen LogP contribution in [0.5, 0.6) is 5.75 Å². The summed E-state index contributed by atoms with van der Waals surface area (Å²) in [5, 5.41) is 5.22. The van der Waals surface area contributed by atoms with Crippen LogP contribution in [-0.2, 0) is 0 Å². The Morgan fingerprint density at radius 3 is 2.79 bits per heavy atom. The van der Waals surface area contributed by atoms with E-state index in [1.807, 2.05) is 43.3 Å². The number of nitrogens with zero attached hydrogens (tertiary/aromatic N) is 3. The van der Waals surface area contributed by atoms with Gasteiger partial charge in [-0.15, -0.1) is 0 Å². The Hall–Kier alpha value is -4.07. The second-order valence-electron chi connectivity index (χ2n) is 6.84. The number of anilines is 1. The summed E-state index contributed by atoms with van der Waals surface area (Å²) in [5.41, 5.74) is 10.4. The van der Waals surface area contributed by atoms with Gasteiger partial charge in [-0.3, -0.25) is 4.79 Å². The predicted octanol–water partition coefficient (Wildman–Crippen LogP) is 3.36. The fourth-order valence-electron chi connectivity index (χ4n) is 3.50. The van der Waals surface area contributed by atoms with Crippen molar-refractivity contribution < 1.29 is 9.53 Å². The van der Waals surface area contributed by atoms with Crippen LogP contribution in [0.4, 0.5) is 5.82 Å². The number of hydrogen-bond donors (Lipinski definition) is 3. The van der Waals surface area contributed by atoms with Crippen molar-refractivity contribution in [2.75, 3.05) is 12.8 Å². The fourth-order valence-corrected chi connectivity index (χ4v) is 3.50. The number of carbonyl (C=O) groups is 1. The van der Waals surface area contributed by atoms with Crippen LogP contribution in [0, 0.1) is 6.92 Å². The molecule has 0 aliphatic heterocycles. The highest BCUT2D eigenvalue weighted by atomic mass is 16.5. The molecule has 5 aromatic rings. The first-order valence-electron chi connectivity index (χ1n) is 9.05. The van der Waals surface area contributed by atoms with Gasteiger partial charge in [0.25, 0.3) is 0 Å². The van der Waals surface area contributed by atoms with Crippen molar-refractivity contribution in [3.05, 3.63) is 65.7 Å². The number of nitrogen functional groups attached to an aromatic ring is 1. The molecule has 0 bridgehead atoms. The molecule has 8 nitrogen and oxygen atoms in total. The third-order valence-electron chi connectivity index (χ3n) is 4.95. The first kappa shape index (κ1) is 17.1.